The van der Waals surface area contributed by atoms with Gasteiger partial charge in [0.25, 0.3) is 0 Å². The van der Waals surface area contributed by atoms with Crippen LogP contribution < -0.4 is 5.73 Å². The zero-order chi connectivity index (χ0) is 11.7. The van der Waals surface area contributed by atoms with Crippen LogP contribution in [0.5, 0.6) is 0 Å². The van der Waals surface area contributed by atoms with Gasteiger partial charge in [-0.2, -0.15) is 0 Å². The molecule has 0 saturated heterocycles. The first-order valence-electron chi connectivity index (χ1n) is 5.46. The highest BCUT2D eigenvalue weighted by molar-refractivity contribution is 7.80. The fraction of sp³-hybridized carbons (Fsp3) is 0.308. The Morgan fingerprint density at radius 2 is 2.12 bits per heavy atom. The highest BCUT2D eigenvalue weighted by Gasteiger charge is 2.04. The molecule has 0 radical (unpaired) electrons. The summed E-state index contributed by atoms with van der Waals surface area (Å²) in [5.41, 5.74) is 7.80. The van der Waals surface area contributed by atoms with Crippen LogP contribution in [-0.4, -0.2) is 9.56 Å². The Labute approximate surface area is 101 Å². The normalized spacial score (nSPS) is 11.2. The van der Waals surface area contributed by atoms with Gasteiger partial charge in [-0.3, -0.25) is 0 Å². The Bertz CT molecular complexity index is 526. The fourth-order valence-electron chi connectivity index (χ4n) is 1.91. The van der Waals surface area contributed by atoms with Crippen LogP contribution in [0.3, 0.4) is 0 Å². The van der Waals surface area contributed by atoms with Crippen LogP contribution in [0.25, 0.3) is 10.9 Å². The molecule has 2 rings (SSSR count). The molecule has 84 valence electrons. The van der Waals surface area contributed by atoms with Crippen LogP contribution >= 0.6 is 12.2 Å². The standard InChI is InChI=1S/C13H16N2S/c1-9(2)8-15-6-5-10-7-11(13(14)16)3-4-12(10)15/h3-7,9H,8H2,1-2H3,(H2,14,16). The van der Waals surface area contributed by atoms with Crippen molar-refractivity contribution in [2.45, 2.75) is 20.4 Å². The van der Waals surface area contributed by atoms with Crippen LogP contribution in [0.1, 0.15) is 19.4 Å². The number of thiocarbonyl (C=S) groups is 1. The first-order valence-corrected chi connectivity index (χ1v) is 5.87. The molecule has 0 unspecified atom stereocenters. The second-order valence-corrected chi connectivity index (χ2v) is 4.94. The Kier molecular flexibility index (Phi) is 2.97. The minimum Gasteiger partial charge on any atom is -0.389 e. The first kappa shape index (κ1) is 11.1. The summed E-state index contributed by atoms with van der Waals surface area (Å²) in [6.45, 7) is 5.47. The monoisotopic (exact) mass is 232 g/mol. The van der Waals surface area contributed by atoms with Gasteiger partial charge in [0.15, 0.2) is 0 Å². The molecule has 3 heteroatoms. The number of fused-ring (bicyclic) bond motifs is 1. The quantitative estimate of drug-likeness (QED) is 0.825. The van der Waals surface area contributed by atoms with Gasteiger partial charge < -0.3 is 10.3 Å². The molecule has 2 nitrogen and oxygen atoms in total. The maximum atomic E-state index is 5.62. The third-order valence-electron chi connectivity index (χ3n) is 2.62. The van der Waals surface area contributed by atoms with Crippen molar-refractivity contribution in [1.29, 1.82) is 0 Å². The second kappa shape index (κ2) is 4.26. The Balaban J connectivity index is 2.46. The lowest BCUT2D eigenvalue weighted by Gasteiger charge is -2.08. The molecule has 0 atom stereocenters. The molecule has 0 bridgehead atoms. The van der Waals surface area contributed by atoms with Crippen LogP contribution in [0, 0.1) is 5.92 Å². The topological polar surface area (TPSA) is 30.9 Å². The summed E-state index contributed by atoms with van der Waals surface area (Å²) in [4.78, 5) is 0.457. The van der Waals surface area contributed by atoms with Crippen molar-refractivity contribution in [3.05, 3.63) is 36.0 Å². The molecule has 0 aliphatic rings. The van der Waals surface area contributed by atoms with E-state index in [9.17, 15) is 0 Å². The number of hydrogen-bond donors (Lipinski definition) is 1. The van der Waals surface area contributed by atoms with E-state index in [1.807, 2.05) is 6.07 Å². The van der Waals surface area contributed by atoms with Crippen LogP contribution in [0.15, 0.2) is 30.5 Å². The van der Waals surface area contributed by atoms with Crippen molar-refractivity contribution >= 4 is 28.1 Å². The summed E-state index contributed by atoms with van der Waals surface area (Å²) in [7, 11) is 0. The van der Waals surface area contributed by atoms with Gasteiger partial charge in [-0.05, 0) is 30.2 Å². The minimum atomic E-state index is 0.457. The van der Waals surface area contributed by atoms with Gasteiger partial charge in [0, 0.05) is 29.2 Å². The molecule has 0 spiro atoms. The summed E-state index contributed by atoms with van der Waals surface area (Å²) < 4.78 is 2.27. The van der Waals surface area contributed by atoms with Gasteiger partial charge in [0.05, 0.1) is 0 Å². The molecule has 2 N–H and O–H groups in total. The summed E-state index contributed by atoms with van der Waals surface area (Å²) in [6.07, 6.45) is 2.12. The zero-order valence-electron chi connectivity index (χ0n) is 9.60. The predicted molar refractivity (Wildman–Crippen MR) is 72.7 cm³/mol. The number of nitrogens with zero attached hydrogens (tertiary/aromatic N) is 1. The van der Waals surface area contributed by atoms with Crippen LogP contribution in [-0.2, 0) is 6.54 Å². The van der Waals surface area contributed by atoms with Gasteiger partial charge in [0.2, 0.25) is 0 Å². The summed E-state index contributed by atoms with van der Waals surface area (Å²) in [5.74, 6) is 0.644. The Morgan fingerprint density at radius 1 is 1.38 bits per heavy atom. The van der Waals surface area contributed by atoms with Crippen molar-refractivity contribution in [2.75, 3.05) is 0 Å². The number of aromatic nitrogens is 1. The van der Waals surface area contributed by atoms with Crippen molar-refractivity contribution in [2.24, 2.45) is 11.7 Å². The van der Waals surface area contributed by atoms with Gasteiger partial charge in [-0.25, -0.2) is 0 Å². The number of nitrogens with two attached hydrogens (primary N) is 1. The molecule has 0 fully saturated rings. The molecule has 0 aliphatic heterocycles. The number of hydrogen-bond acceptors (Lipinski definition) is 1. The molecular formula is C13H16N2S. The van der Waals surface area contributed by atoms with E-state index >= 15 is 0 Å². The SMILES string of the molecule is CC(C)Cn1ccc2cc(C(N)=S)ccc21. The third kappa shape index (κ3) is 2.09. The van der Waals surface area contributed by atoms with Gasteiger partial charge >= 0.3 is 0 Å². The highest BCUT2D eigenvalue weighted by Crippen LogP contribution is 2.18. The fourth-order valence-corrected chi connectivity index (χ4v) is 2.03. The lowest BCUT2D eigenvalue weighted by atomic mass is 10.1. The van der Waals surface area contributed by atoms with E-state index in [-0.39, 0.29) is 0 Å². The average Bonchev–Trinajstić information content (AvgIpc) is 2.60. The van der Waals surface area contributed by atoms with Crippen LogP contribution in [0.2, 0.25) is 0 Å². The van der Waals surface area contributed by atoms with E-state index < -0.39 is 0 Å². The van der Waals surface area contributed by atoms with Crippen molar-refractivity contribution in [1.82, 2.24) is 4.57 Å². The molecule has 1 aromatic carbocycles. The summed E-state index contributed by atoms with van der Waals surface area (Å²) in [6, 6.07) is 8.24. The van der Waals surface area contributed by atoms with E-state index in [1.54, 1.807) is 0 Å². The van der Waals surface area contributed by atoms with Crippen molar-refractivity contribution < 1.29 is 0 Å². The number of rotatable bonds is 3. The zero-order valence-corrected chi connectivity index (χ0v) is 10.4. The lowest BCUT2D eigenvalue weighted by molar-refractivity contribution is 0.535. The molecule has 0 saturated carbocycles. The smallest absolute Gasteiger partial charge is 0.104 e. The molecule has 1 aromatic heterocycles. The molecule has 16 heavy (non-hydrogen) atoms. The first-order chi connectivity index (χ1) is 7.58. The van der Waals surface area contributed by atoms with E-state index in [4.69, 9.17) is 18.0 Å². The molecular weight excluding hydrogens is 216 g/mol. The van der Waals surface area contributed by atoms with E-state index in [0.29, 0.717) is 10.9 Å². The van der Waals surface area contributed by atoms with Gasteiger partial charge in [0.1, 0.15) is 4.99 Å². The third-order valence-corrected chi connectivity index (χ3v) is 2.85. The van der Waals surface area contributed by atoms with E-state index in [2.05, 4.69) is 42.8 Å². The van der Waals surface area contributed by atoms with Crippen LogP contribution in [0.4, 0.5) is 0 Å². The molecule has 1 heterocycles. The van der Waals surface area contributed by atoms with E-state index in [1.165, 1.54) is 10.9 Å². The van der Waals surface area contributed by atoms with Gasteiger partial charge in [-0.15, -0.1) is 0 Å². The van der Waals surface area contributed by atoms with Crippen molar-refractivity contribution in [3.8, 4) is 0 Å². The Morgan fingerprint density at radius 3 is 2.75 bits per heavy atom. The van der Waals surface area contributed by atoms with E-state index in [0.717, 1.165) is 12.1 Å². The summed E-state index contributed by atoms with van der Waals surface area (Å²) in [5, 5.41) is 1.20. The molecule has 0 amide bonds. The Hall–Kier alpha value is -1.35. The second-order valence-electron chi connectivity index (χ2n) is 4.50. The largest absolute Gasteiger partial charge is 0.389 e. The highest BCUT2D eigenvalue weighted by atomic mass is 32.1. The maximum Gasteiger partial charge on any atom is 0.104 e. The molecule has 0 aliphatic carbocycles. The average molecular weight is 232 g/mol. The maximum absolute atomic E-state index is 5.62. The molecule has 2 aromatic rings. The van der Waals surface area contributed by atoms with Gasteiger partial charge in [-0.1, -0.05) is 26.1 Å². The minimum absolute atomic E-state index is 0.457. The predicted octanol–water partition coefficient (Wildman–Crippen LogP) is 2.93. The lowest BCUT2D eigenvalue weighted by Crippen LogP contribution is -2.09. The van der Waals surface area contributed by atoms with Crippen molar-refractivity contribution in [3.63, 3.8) is 0 Å². The number of benzene rings is 1. The summed E-state index contributed by atoms with van der Waals surface area (Å²) >= 11 is 4.97.